The maximum atomic E-state index is 13.4. The third-order valence-electron chi connectivity index (χ3n) is 5.69. The summed E-state index contributed by atoms with van der Waals surface area (Å²) in [5.74, 6) is 0.0559. The van der Waals surface area contributed by atoms with E-state index in [1.54, 1.807) is 11.8 Å². The first kappa shape index (κ1) is 25.5. The summed E-state index contributed by atoms with van der Waals surface area (Å²) in [7, 11) is 0. The summed E-state index contributed by atoms with van der Waals surface area (Å²) in [5.41, 5.74) is 2.27. The molecular formula is C29H31NO3S. The SMILES string of the molecule is C=CCOC(=O)CC(=O)[C@H](CCSC)NC(c1ccccc1)(c1ccccc1)c1ccccc1. The number of carbonyl (C=O) groups excluding carboxylic acids is 2. The van der Waals surface area contributed by atoms with E-state index in [2.05, 4.69) is 48.3 Å². The second kappa shape index (κ2) is 12.9. The average molecular weight is 474 g/mol. The van der Waals surface area contributed by atoms with Gasteiger partial charge in [-0.15, -0.1) is 0 Å². The highest BCUT2D eigenvalue weighted by Crippen LogP contribution is 2.37. The van der Waals surface area contributed by atoms with E-state index >= 15 is 0 Å². The lowest BCUT2D eigenvalue weighted by Gasteiger charge is -2.40. The average Bonchev–Trinajstić information content (AvgIpc) is 2.89. The molecule has 0 saturated carbocycles. The number of rotatable bonds is 13. The van der Waals surface area contributed by atoms with E-state index in [0.29, 0.717) is 6.42 Å². The van der Waals surface area contributed by atoms with Crippen molar-refractivity contribution in [3.63, 3.8) is 0 Å². The largest absolute Gasteiger partial charge is 0.461 e. The van der Waals surface area contributed by atoms with Gasteiger partial charge in [-0.3, -0.25) is 14.9 Å². The van der Waals surface area contributed by atoms with Gasteiger partial charge in [-0.05, 0) is 35.1 Å². The van der Waals surface area contributed by atoms with Crippen LogP contribution in [0.4, 0.5) is 0 Å². The van der Waals surface area contributed by atoms with E-state index in [1.807, 2.05) is 60.9 Å². The van der Waals surface area contributed by atoms with Crippen LogP contribution in [0.2, 0.25) is 0 Å². The molecule has 0 aliphatic rings. The lowest BCUT2D eigenvalue weighted by Crippen LogP contribution is -2.53. The number of thioether (sulfide) groups is 1. The molecule has 0 aliphatic heterocycles. The molecule has 0 aromatic heterocycles. The monoisotopic (exact) mass is 473 g/mol. The van der Waals surface area contributed by atoms with Gasteiger partial charge in [-0.1, -0.05) is 104 Å². The summed E-state index contributed by atoms with van der Waals surface area (Å²) in [6.45, 7) is 3.65. The van der Waals surface area contributed by atoms with Gasteiger partial charge in [0.1, 0.15) is 13.0 Å². The second-order valence-electron chi connectivity index (χ2n) is 7.94. The first-order valence-corrected chi connectivity index (χ1v) is 12.7. The van der Waals surface area contributed by atoms with E-state index < -0.39 is 17.6 Å². The molecule has 0 bridgehead atoms. The first-order chi connectivity index (χ1) is 16.6. The zero-order chi connectivity index (χ0) is 24.2. The summed E-state index contributed by atoms with van der Waals surface area (Å²) in [5, 5.41) is 3.72. The highest BCUT2D eigenvalue weighted by atomic mass is 32.2. The fourth-order valence-electron chi connectivity index (χ4n) is 4.09. The Bertz CT molecular complexity index is 958. The Morgan fingerprint density at radius 1 is 0.912 bits per heavy atom. The molecule has 0 radical (unpaired) electrons. The Morgan fingerprint density at radius 2 is 1.38 bits per heavy atom. The van der Waals surface area contributed by atoms with Gasteiger partial charge in [0.15, 0.2) is 5.78 Å². The molecule has 1 N–H and O–H groups in total. The third kappa shape index (κ3) is 6.25. The number of carbonyl (C=O) groups is 2. The van der Waals surface area contributed by atoms with E-state index in [4.69, 9.17) is 4.74 Å². The van der Waals surface area contributed by atoms with E-state index in [9.17, 15) is 9.59 Å². The minimum absolute atomic E-state index is 0.0942. The second-order valence-corrected chi connectivity index (χ2v) is 8.93. The molecular weight excluding hydrogens is 442 g/mol. The number of esters is 1. The molecule has 0 saturated heterocycles. The van der Waals surface area contributed by atoms with Crippen molar-refractivity contribution in [2.75, 3.05) is 18.6 Å². The lowest BCUT2D eigenvalue weighted by atomic mass is 9.76. The maximum absolute atomic E-state index is 13.4. The molecule has 0 fully saturated rings. The van der Waals surface area contributed by atoms with Crippen molar-refractivity contribution in [3.05, 3.63) is 120 Å². The van der Waals surface area contributed by atoms with Crippen molar-refractivity contribution < 1.29 is 14.3 Å². The van der Waals surface area contributed by atoms with Crippen molar-refractivity contribution in [1.82, 2.24) is 5.32 Å². The minimum Gasteiger partial charge on any atom is -0.461 e. The molecule has 0 unspecified atom stereocenters. The van der Waals surface area contributed by atoms with E-state index in [-0.39, 0.29) is 18.8 Å². The molecule has 3 aromatic rings. The quantitative estimate of drug-likeness (QED) is 0.156. The van der Waals surface area contributed by atoms with Gasteiger partial charge < -0.3 is 4.74 Å². The number of hydrogen-bond donors (Lipinski definition) is 1. The van der Waals surface area contributed by atoms with Crippen molar-refractivity contribution in [2.24, 2.45) is 0 Å². The van der Waals surface area contributed by atoms with Crippen LogP contribution in [0.5, 0.6) is 0 Å². The zero-order valence-electron chi connectivity index (χ0n) is 19.5. The number of nitrogens with one attached hydrogen (secondary N) is 1. The Labute approximate surface area is 206 Å². The number of Topliss-reactive ketones (excluding diaryl/α,β-unsaturated/α-hetero) is 1. The molecule has 3 rings (SSSR count). The van der Waals surface area contributed by atoms with Gasteiger partial charge in [0.2, 0.25) is 0 Å². The normalized spacial score (nSPS) is 12.0. The van der Waals surface area contributed by atoms with Crippen LogP contribution >= 0.6 is 11.8 Å². The van der Waals surface area contributed by atoms with Crippen LogP contribution in [0, 0.1) is 0 Å². The summed E-state index contributed by atoms with van der Waals surface area (Å²) in [6.07, 6.45) is 3.81. The molecule has 1 atom stereocenters. The van der Waals surface area contributed by atoms with Crippen LogP contribution in [0.15, 0.2) is 104 Å². The predicted molar refractivity (Wildman–Crippen MR) is 140 cm³/mol. The van der Waals surface area contributed by atoms with Crippen LogP contribution < -0.4 is 5.32 Å². The Kier molecular flexibility index (Phi) is 9.68. The van der Waals surface area contributed by atoms with Crippen LogP contribution in [-0.4, -0.2) is 36.4 Å². The smallest absolute Gasteiger partial charge is 0.313 e. The third-order valence-corrected chi connectivity index (χ3v) is 6.34. The Hall–Kier alpha value is -3.15. The van der Waals surface area contributed by atoms with Gasteiger partial charge in [-0.2, -0.15) is 11.8 Å². The lowest BCUT2D eigenvalue weighted by molar-refractivity contribution is -0.145. The fourth-order valence-corrected chi connectivity index (χ4v) is 4.56. The highest BCUT2D eigenvalue weighted by Gasteiger charge is 2.39. The number of benzene rings is 3. The maximum Gasteiger partial charge on any atom is 0.313 e. The number of hydrogen-bond acceptors (Lipinski definition) is 5. The zero-order valence-corrected chi connectivity index (χ0v) is 20.3. The van der Waals surface area contributed by atoms with Crippen LogP contribution in [0.1, 0.15) is 29.5 Å². The molecule has 0 aliphatic carbocycles. The predicted octanol–water partition coefficient (Wildman–Crippen LogP) is 5.38. The van der Waals surface area contributed by atoms with Crippen molar-refractivity contribution >= 4 is 23.5 Å². The Morgan fingerprint density at radius 3 is 1.79 bits per heavy atom. The molecule has 5 heteroatoms. The fraction of sp³-hybridized carbons (Fsp3) is 0.241. The molecule has 0 amide bonds. The Balaban J connectivity index is 2.11. The van der Waals surface area contributed by atoms with Crippen molar-refractivity contribution in [3.8, 4) is 0 Å². The van der Waals surface area contributed by atoms with E-state index in [1.165, 1.54) is 6.08 Å². The van der Waals surface area contributed by atoms with Gasteiger partial charge >= 0.3 is 5.97 Å². The summed E-state index contributed by atoms with van der Waals surface area (Å²) in [6, 6.07) is 29.8. The topological polar surface area (TPSA) is 55.4 Å². The summed E-state index contributed by atoms with van der Waals surface area (Å²) in [4.78, 5) is 25.6. The molecule has 34 heavy (non-hydrogen) atoms. The highest BCUT2D eigenvalue weighted by molar-refractivity contribution is 7.98. The first-order valence-electron chi connectivity index (χ1n) is 11.3. The van der Waals surface area contributed by atoms with Gasteiger partial charge in [-0.25, -0.2) is 0 Å². The van der Waals surface area contributed by atoms with Gasteiger partial charge in [0, 0.05) is 0 Å². The number of ketones is 1. The van der Waals surface area contributed by atoms with Crippen LogP contribution in [0.3, 0.4) is 0 Å². The van der Waals surface area contributed by atoms with Crippen LogP contribution in [-0.2, 0) is 19.9 Å². The summed E-state index contributed by atoms with van der Waals surface area (Å²) < 4.78 is 5.09. The van der Waals surface area contributed by atoms with Crippen molar-refractivity contribution in [1.29, 1.82) is 0 Å². The van der Waals surface area contributed by atoms with Gasteiger partial charge in [0.25, 0.3) is 0 Å². The minimum atomic E-state index is -0.784. The molecule has 0 spiro atoms. The van der Waals surface area contributed by atoms with Gasteiger partial charge in [0.05, 0.1) is 11.6 Å². The van der Waals surface area contributed by atoms with Crippen molar-refractivity contribution in [2.45, 2.75) is 24.4 Å². The molecule has 0 heterocycles. The molecule has 3 aromatic carbocycles. The molecule has 4 nitrogen and oxygen atoms in total. The standard InChI is InChI=1S/C29H31NO3S/c1-3-20-33-28(32)22-27(31)26(19-21-34-2)30-29(23-13-7-4-8-14-23,24-15-9-5-10-16-24)25-17-11-6-12-18-25/h3-18,26,30H,1,19-22H2,2H3/t26-/m0/s1. The van der Waals surface area contributed by atoms with E-state index in [0.717, 1.165) is 22.4 Å². The molecule has 176 valence electrons. The number of ether oxygens (including phenoxy) is 1. The summed E-state index contributed by atoms with van der Waals surface area (Å²) >= 11 is 1.67. The van der Waals surface area contributed by atoms with Crippen LogP contribution in [0.25, 0.3) is 0 Å².